The molecule has 2 aromatic heterocycles. The normalized spacial score (nSPS) is 19.8. The molecule has 1 fully saturated rings. The number of alkyl halides is 3. The summed E-state index contributed by atoms with van der Waals surface area (Å²) in [6.07, 6.45) is -3.49. The van der Waals surface area contributed by atoms with Gasteiger partial charge in [-0.2, -0.15) is 18.2 Å². The first-order valence-electron chi connectivity index (χ1n) is 8.83. The van der Waals surface area contributed by atoms with Crippen LogP contribution in [-0.4, -0.2) is 23.5 Å². The number of rotatable bonds is 3. The van der Waals surface area contributed by atoms with E-state index in [1.54, 1.807) is 0 Å². The van der Waals surface area contributed by atoms with E-state index in [4.69, 9.17) is 12.9 Å². The highest BCUT2D eigenvalue weighted by atomic mass is 32.2. The van der Waals surface area contributed by atoms with Crippen LogP contribution >= 0.6 is 0 Å². The van der Waals surface area contributed by atoms with Gasteiger partial charge < -0.3 is 4.52 Å². The van der Waals surface area contributed by atoms with E-state index in [-0.39, 0.29) is 28.7 Å². The molecule has 1 aliphatic carbocycles. The average Bonchev–Trinajstić information content (AvgIpc) is 3.01. The van der Waals surface area contributed by atoms with Gasteiger partial charge in [-0.1, -0.05) is 49.3 Å². The third-order valence-electron chi connectivity index (χ3n) is 5.01. The van der Waals surface area contributed by atoms with Crippen molar-refractivity contribution < 1.29 is 26.1 Å². The smallest absolute Gasteiger partial charge is 0.334 e. The van der Waals surface area contributed by atoms with Gasteiger partial charge in [0.2, 0.25) is 0 Å². The predicted molar refractivity (Wildman–Crippen MR) is 103 cm³/mol. The minimum Gasteiger partial charge on any atom is -0.334 e. The number of hydrogen-bond donors (Lipinski definition) is 2. The average molecular weight is 440 g/mol. The summed E-state index contributed by atoms with van der Waals surface area (Å²) in [6.45, 7) is 4.19. The zero-order valence-electron chi connectivity index (χ0n) is 16.0. The van der Waals surface area contributed by atoms with Crippen LogP contribution in [0.2, 0.25) is 0 Å². The molecule has 1 aliphatic rings. The Kier molecular flexibility index (Phi) is 5.95. The summed E-state index contributed by atoms with van der Waals surface area (Å²) in [6, 6.07) is 12.7. The zero-order valence-corrected chi connectivity index (χ0v) is 16.9. The number of thiol groups is 1. The first-order valence-corrected chi connectivity index (χ1v) is 10.1. The molecule has 0 saturated heterocycles. The Morgan fingerprint density at radius 1 is 1.07 bits per heavy atom. The van der Waals surface area contributed by atoms with Gasteiger partial charge in [0.25, 0.3) is 5.89 Å². The summed E-state index contributed by atoms with van der Waals surface area (Å²) in [5.41, 5.74) is -0.158. The molecule has 0 unspecified atom stereocenters. The molecule has 0 radical (unpaired) electrons. The Morgan fingerprint density at radius 3 is 2.30 bits per heavy atom. The highest BCUT2D eigenvalue weighted by Crippen LogP contribution is 2.69. The van der Waals surface area contributed by atoms with Crippen LogP contribution in [0.15, 0.2) is 53.2 Å². The topological polar surface area (TPSA) is 112 Å². The molecule has 0 aliphatic heterocycles. The second kappa shape index (κ2) is 8.15. The van der Waals surface area contributed by atoms with E-state index in [2.05, 4.69) is 34.1 Å². The van der Waals surface area contributed by atoms with Crippen LogP contribution < -0.4 is 5.14 Å². The molecular weight excluding hydrogens is 421 g/mol. The first kappa shape index (κ1) is 21.9. The number of pyridine rings is 1. The maximum absolute atomic E-state index is 13.2. The molecule has 7 nitrogen and oxygen atoms in total. The number of aromatic nitrogens is 3. The molecule has 0 amide bonds. The molecule has 3 aromatic rings. The van der Waals surface area contributed by atoms with E-state index in [0.717, 1.165) is 11.8 Å². The molecular formula is C19H19F3N4O3S. The Balaban J connectivity index is 0.000000589. The number of benzene rings is 1. The number of nitrogens with zero attached hydrogens (tertiary/aromatic N) is 3. The number of halogens is 3. The van der Waals surface area contributed by atoms with Gasteiger partial charge in [0.05, 0.1) is 5.56 Å². The van der Waals surface area contributed by atoms with Crippen molar-refractivity contribution in [3.8, 4) is 11.5 Å². The van der Waals surface area contributed by atoms with E-state index in [1.807, 2.05) is 30.3 Å². The highest BCUT2D eigenvalue weighted by molar-refractivity contribution is 7.69. The standard InChI is InChI=1S/C19H16F3N3O.H3NO2S/c1-18(2)13(11-7-4-3-5-8-11)14(18)16-24-17(26-25-16)12-9-6-10-23-15(12)19(20,21)22;1-4(2)3/h3-10,13-14H,1-2H3;4H,(H2,1,2,3)/t13-,14+;/m0./s1. The van der Waals surface area contributed by atoms with Crippen LogP contribution in [0, 0.1) is 5.41 Å². The largest absolute Gasteiger partial charge is 0.434 e. The fourth-order valence-corrected chi connectivity index (χ4v) is 3.68. The molecule has 1 aromatic carbocycles. The molecule has 1 saturated carbocycles. The molecule has 160 valence electrons. The van der Waals surface area contributed by atoms with Crippen LogP contribution in [0.25, 0.3) is 11.5 Å². The van der Waals surface area contributed by atoms with Crippen LogP contribution in [0.1, 0.15) is 42.8 Å². The van der Waals surface area contributed by atoms with Gasteiger partial charge in [0, 0.05) is 18.0 Å². The minimum atomic E-state index is -4.59. The summed E-state index contributed by atoms with van der Waals surface area (Å²) >= 11 is 0. The van der Waals surface area contributed by atoms with Crippen molar-refractivity contribution in [2.45, 2.75) is 31.9 Å². The monoisotopic (exact) mass is 440 g/mol. The molecule has 0 spiro atoms. The molecule has 4 rings (SSSR count). The Hall–Kier alpha value is -2.79. The molecule has 2 atom stereocenters. The fourth-order valence-electron chi connectivity index (χ4n) is 3.68. The van der Waals surface area contributed by atoms with E-state index >= 15 is 0 Å². The number of nitrogens with two attached hydrogens (primary N) is 1. The van der Waals surface area contributed by atoms with E-state index in [1.165, 1.54) is 12.1 Å². The van der Waals surface area contributed by atoms with Crippen molar-refractivity contribution in [2.24, 2.45) is 10.6 Å². The molecule has 11 heteroatoms. The predicted octanol–water partition coefficient (Wildman–Crippen LogP) is 3.53. The molecule has 2 N–H and O–H groups in total. The summed E-state index contributed by atoms with van der Waals surface area (Å²) in [4.78, 5) is 7.70. The lowest BCUT2D eigenvalue weighted by Crippen LogP contribution is -2.09. The van der Waals surface area contributed by atoms with Crippen LogP contribution in [0.3, 0.4) is 0 Å². The second-order valence-electron chi connectivity index (χ2n) is 7.33. The highest BCUT2D eigenvalue weighted by Gasteiger charge is 2.61. The Bertz CT molecular complexity index is 1090. The molecule has 2 heterocycles. The quantitative estimate of drug-likeness (QED) is 0.603. The van der Waals surface area contributed by atoms with Crippen molar-refractivity contribution >= 4 is 10.9 Å². The van der Waals surface area contributed by atoms with Gasteiger partial charge in [-0.05, 0) is 23.1 Å². The third-order valence-corrected chi connectivity index (χ3v) is 5.01. The van der Waals surface area contributed by atoms with E-state index in [0.29, 0.717) is 5.82 Å². The van der Waals surface area contributed by atoms with Gasteiger partial charge in [0.1, 0.15) is 0 Å². The van der Waals surface area contributed by atoms with Crippen molar-refractivity contribution in [2.75, 3.05) is 0 Å². The van der Waals surface area contributed by atoms with Crippen molar-refractivity contribution in [3.63, 3.8) is 0 Å². The van der Waals surface area contributed by atoms with Crippen molar-refractivity contribution in [3.05, 3.63) is 65.7 Å². The molecule has 0 bridgehead atoms. The van der Waals surface area contributed by atoms with E-state index in [9.17, 15) is 13.2 Å². The van der Waals surface area contributed by atoms with Crippen LogP contribution in [0.5, 0.6) is 0 Å². The maximum Gasteiger partial charge on any atom is 0.434 e. The first-order chi connectivity index (χ1) is 14.0. The Labute approximate surface area is 172 Å². The summed E-state index contributed by atoms with van der Waals surface area (Å²) in [7, 11) is -2.62. The lowest BCUT2D eigenvalue weighted by molar-refractivity contribution is -0.140. The van der Waals surface area contributed by atoms with Gasteiger partial charge in [-0.15, -0.1) is 0 Å². The lowest BCUT2D eigenvalue weighted by Gasteiger charge is -2.07. The maximum atomic E-state index is 13.2. The summed E-state index contributed by atoms with van der Waals surface area (Å²) in [5, 5.41) is 8.03. The minimum absolute atomic E-state index is 0.00610. The summed E-state index contributed by atoms with van der Waals surface area (Å²) in [5.74, 6) is 0.462. The van der Waals surface area contributed by atoms with Crippen LogP contribution in [0.4, 0.5) is 13.2 Å². The Morgan fingerprint density at radius 2 is 1.70 bits per heavy atom. The fraction of sp³-hybridized carbons (Fsp3) is 0.316. The SMILES string of the molecule is CC1(C)[C@@H](c2ccccc2)[C@@H]1c1noc(-c2cccnc2C(F)(F)F)n1.N[SH](=O)=O. The number of hydrogen-bond acceptors (Lipinski definition) is 6. The van der Waals surface area contributed by atoms with Crippen molar-refractivity contribution in [1.82, 2.24) is 15.1 Å². The van der Waals surface area contributed by atoms with Gasteiger partial charge >= 0.3 is 6.18 Å². The zero-order chi connectivity index (χ0) is 22.1. The lowest BCUT2D eigenvalue weighted by atomic mass is 10.0. The van der Waals surface area contributed by atoms with Gasteiger partial charge in [0.15, 0.2) is 22.4 Å². The van der Waals surface area contributed by atoms with Gasteiger partial charge in [-0.3, -0.25) is 4.98 Å². The van der Waals surface area contributed by atoms with E-state index < -0.39 is 22.8 Å². The van der Waals surface area contributed by atoms with Crippen LogP contribution in [-0.2, 0) is 17.1 Å². The molecule has 30 heavy (non-hydrogen) atoms. The second-order valence-corrected chi connectivity index (χ2v) is 7.90. The third kappa shape index (κ3) is 4.51. The van der Waals surface area contributed by atoms with Crippen molar-refractivity contribution in [1.29, 1.82) is 0 Å². The summed E-state index contributed by atoms with van der Waals surface area (Å²) < 4.78 is 62.3. The van der Waals surface area contributed by atoms with Gasteiger partial charge in [-0.25, -0.2) is 13.6 Å².